The Morgan fingerprint density at radius 1 is 1.33 bits per heavy atom. The predicted molar refractivity (Wildman–Crippen MR) is 43.1 cm³/mol. The van der Waals surface area contributed by atoms with E-state index in [1.165, 1.54) is 0 Å². The van der Waals surface area contributed by atoms with Crippen LogP contribution >= 0.6 is 0 Å². The van der Waals surface area contributed by atoms with Crippen LogP contribution in [-0.2, 0) is 32.7 Å². The van der Waals surface area contributed by atoms with Crippen molar-refractivity contribution < 1.29 is 32.7 Å². The van der Waals surface area contributed by atoms with Crippen LogP contribution in [0.4, 0.5) is 0 Å². The zero-order valence-electron chi connectivity index (χ0n) is 6.78. The Balaban J connectivity index is 0.000000720. The summed E-state index contributed by atoms with van der Waals surface area (Å²) >= 11 is 0. The van der Waals surface area contributed by atoms with Gasteiger partial charge in [-0.1, -0.05) is 6.92 Å². The topological polar surface area (TPSA) is 25.8 Å². The summed E-state index contributed by atoms with van der Waals surface area (Å²) in [5, 5.41) is 1.01. The average molecular weight is 232 g/mol. The van der Waals surface area contributed by atoms with Gasteiger partial charge in [0.2, 0.25) is 0 Å². The van der Waals surface area contributed by atoms with Crippen molar-refractivity contribution in [2.75, 3.05) is 0 Å². The van der Waals surface area contributed by atoms with E-state index in [0.29, 0.717) is 0 Å². The van der Waals surface area contributed by atoms with E-state index in [1.807, 2.05) is 25.1 Å². The summed E-state index contributed by atoms with van der Waals surface area (Å²) < 4.78 is 0. The van der Waals surface area contributed by atoms with Crippen LogP contribution < -0.4 is 0 Å². The Hall–Kier alpha value is -0.336. The van der Waals surface area contributed by atoms with Crippen molar-refractivity contribution in [2.24, 2.45) is 0 Å². The molecule has 1 aromatic heterocycles. The van der Waals surface area contributed by atoms with E-state index < -0.39 is 0 Å². The molecule has 0 saturated carbocycles. The molecule has 0 aliphatic rings. The van der Waals surface area contributed by atoms with Crippen molar-refractivity contribution in [3.8, 4) is 0 Å². The van der Waals surface area contributed by atoms with Gasteiger partial charge in [-0.25, -0.2) is 0 Å². The maximum absolute atomic E-state index is 4.10. The maximum Gasteiger partial charge on any atom is 0.0946 e. The van der Waals surface area contributed by atoms with Gasteiger partial charge in [-0.3, -0.25) is 9.97 Å². The SMILES string of the molecule is Cc1ncnc2ccc[c-]c12.[Y]. The molecule has 2 rings (SSSR count). The molecule has 1 radical (unpaired) electrons. The molecule has 12 heavy (non-hydrogen) atoms. The number of benzene rings is 1. The predicted octanol–water partition coefficient (Wildman–Crippen LogP) is 1.74. The fourth-order valence-corrected chi connectivity index (χ4v) is 1.07. The van der Waals surface area contributed by atoms with Crippen LogP contribution in [0.5, 0.6) is 0 Å². The molecule has 1 heterocycles. The fraction of sp³-hybridized carbons (Fsp3) is 0.111. The Labute approximate surface area is 96.3 Å². The van der Waals surface area contributed by atoms with Crippen molar-refractivity contribution >= 4 is 10.9 Å². The van der Waals surface area contributed by atoms with Crippen molar-refractivity contribution in [2.45, 2.75) is 6.92 Å². The normalized spacial score (nSPS) is 9.42. The summed E-state index contributed by atoms with van der Waals surface area (Å²) in [6.07, 6.45) is 1.57. The van der Waals surface area contributed by atoms with Gasteiger partial charge in [-0.15, -0.1) is 29.7 Å². The first-order valence-corrected chi connectivity index (χ1v) is 3.46. The smallest absolute Gasteiger partial charge is 0.0946 e. The van der Waals surface area contributed by atoms with Gasteiger partial charge in [0, 0.05) is 32.7 Å². The number of nitrogens with zero attached hydrogens (tertiary/aromatic N) is 2. The van der Waals surface area contributed by atoms with Gasteiger partial charge in [-0.2, -0.15) is 0 Å². The third-order valence-corrected chi connectivity index (χ3v) is 1.64. The van der Waals surface area contributed by atoms with E-state index in [9.17, 15) is 0 Å². The van der Waals surface area contributed by atoms with E-state index in [2.05, 4.69) is 16.0 Å². The van der Waals surface area contributed by atoms with Gasteiger partial charge in [0.15, 0.2) is 0 Å². The summed E-state index contributed by atoms with van der Waals surface area (Å²) in [5.74, 6) is 0. The monoisotopic (exact) mass is 232 g/mol. The van der Waals surface area contributed by atoms with Gasteiger partial charge < -0.3 is 0 Å². The molecule has 2 aromatic rings. The van der Waals surface area contributed by atoms with Crippen LogP contribution in [0.25, 0.3) is 10.9 Å². The molecule has 3 heteroatoms. The summed E-state index contributed by atoms with van der Waals surface area (Å²) in [7, 11) is 0. The Bertz CT molecular complexity index is 382. The molecular weight excluding hydrogens is 225 g/mol. The first kappa shape index (κ1) is 9.75. The minimum absolute atomic E-state index is 0. The largest absolute Gasteiger partial charge is 0.291 e. The molecule has 0 aliphatic carbocycles. The van der Waals surface area contributed by atoms with Crippen LogP contribution in [0, 0.1) is 13.0 Å². The molecule has 2 nitrogen and oxygen atoms in total. The minimum atomic E-state index is 0. The number of fused-ring (bicyclic) bond motifs is 1. The molecule has 0 N–H and O–H groups in total. The molecule has 57 valence electrons. The van der Waals surface area contributed by atoms with Crippen LogP contribution in [0.2, 0.25) is 0 Å². The second-order valence-corrected chi connectivity index (χ2v) is 2.39. The molecule has 0 spiro atoms. The summed E-state index contributed by atoms with van der Waals surface area (Å²) in [6, 6.07) is 8.85. The zero-order chi connectivity index (χ0) is 7.68. The van der Waals surface area contributed by atoms with Gasteiger partial charge >= 0.3 is 0 Å². The number of hydrogen-bond acceptors (Lipinski definition) is 2. The van der Waals surface area contributed by atoms with Gasteiger partial charge in [0.05, 0.1) is 6.33 Å². The third kappa shape index (κ3) is 1.70. The van der Waals surface area contributed by atoms with E-state index in [4.69, 9.17) is 0 Å². The summed E-state index contributed by atoms with van der Waals surface area (Å²) in [5.41, 5.74) is 1.94. The van der Waals surface area contributed by atoms with Crippen LogP contribution in [0.1, 0.15) is 5.69 Å². The van der Waals surface area contributed by atoms with Gasteiger partial charge in [0.25, 0.3) is 0 Å². The zero-order valence-corrected chi connectivity index (χ0v) is 9.62. The van der Waals surface area contributed by atoms with E-state index >= 15 is 0 Å². The number of hydrogen-bond donors (Lipinski definition) is 0. The van der Waals surface area contributed by atoms with Gasteiger partial charge in [-0.05, 0) is 11.2 Å². The minimum Gasteiger partial charge on any atom is -0.291 e. The quantitative estimate of drug-likeness (QED) is 0.646. The second kappa shape index (κ2) is 4.06. The molecule has 0 unspecified atom stereocenters. The van der Waals surface area contributed by atoms with Crippen molar-refractivity contribution in [1.82, 2.24) is 9.97 Å². The van der Waals surface area contributed by atoms with Crippen LogP contribution in [-0.4, -0.2) is 9.97 Å². The molecular formula is C9H7N2Y-. The Morgan fingerprint density at radius 3 is 2.92 bits per heavy atom. The van der Waals surface area contributed by atoms with E-state index in [0.717, 1.165) is 16.6 Å². The second-order valence-electron chi connectivity index (χ2n) is 2.39. The van der Waals surface area contributed by atoms with Crippen molar-refractivity contribution in [1.29, 1.82) is 0 Å². The number of rotatable bonds is 0. The molecule has 1 aromatic carbocycles. The average Bonchev–Trinajstić information content (AvgIpc) is 2.06. The standard InChI is InChI=1S/C9H7N2.Y/c1-7-8-4-2-3-5-9(8)11-6-10-7;/h2-3,5-6H,1H3;/q-1;. The maximum atomic E-state index is 4.10. The first-order chi connectivity index (χ1) is 5.38. The fourth-order valence-electron chi connectivity index (χ4n) is 1.07. The summed E-state index contributed by atoms with van der Waals surface area (Å²) in [4.78, 5) is 8.16. The number of aromatic nitrogens is 2. The third-order valence-electron chi connectivity index (χ3n) is 1.64. The van der Waals surface area contributed by atoms with Crippen LogP contribution in [0.15, 0.2) is 24.5 Å². The molecule has 0 bridgehead atoms. The van der Waals surface area contributed by atoms with Crippen LogP contribution in [0.3, 0.4) is 0 Å². The first-order valence-electron chi connectivity index (χ1n) is 3.46. The molecule has 0 aliphatic heterocycles. The van der Waals surface area contributed by atoms with E-state index in [1.54, 1.807) is 6.33 Å². The number of aryl methyl sites for hydroxylation is 1. The van der Waals surface area contributed by atoms with E-state index in [-0.39, 0.29) is 32.7 Å². The molecule has 0 atom stereocenters. The molecule has 0 amide bonds. The summed E-state index contributed by atoms with van der Waals surface area (Å²) in [6.45, 7) is 1.96. The molecule has 0 fully saturated rings. The Kier molecular flexibility index (Phi) is 3.30. The Morgan fingerprint density at radius 2 is 2.17 bits per heavy atom. The van der Waals surface area contributed by atoms with Crippen molar-refractivity contribution in [3.05, 3.63) is 36.3 Å². The molecule has 0 saturated heterocycles. The van der Waals surface area contributed by atoms with Crippen molar-refractivity contribution in [3.63, 3.8) is 0 Å². The van der Waals surface area contributed by atoms with Gasteiger partial charge in [0.1, 0.15) is 0 Å².